The first-order valence-corrected chi connectivity index (χ1v) is 12.1. The summed E-state index contributed by atoms with van der Waals surface area (Å²) in [7, 11) is -3.33. The lowest BCUT2D eigenvalue weighted by atomic mass is 10.0. The van der Waals surface area contributed by atoms with E-state index in [1.54, 1.807) is 15.4 Å². The van der Waals surface area contributed by atoms with Crippen molar-refractivity contribution in [1.82, 2.24) is 19.1 Å². The highest BCUT2D eigenvalue weighted by Crippen LogP contribution is 2.21. The molecule has 3 heterocycles. The minimum atomic E-state index is -3.33. The van der Waals surface area contributed by atoms with Gasteiger partial charge in [0, 0.05) is 38.4 Å². The van der Waals surface area contributed by atoms with Crippen molar-refractivity contribution < 1.29 is 13.2 Å². The second-order valence-corrected chi connectivity index (χ2v) is 9.93. The zero-order chi connectivity index (χ0) is 20.1. The summed E-state index contributed by atoms with van der Waals surface area (Å²) in [5.41, 5.74) is 1.31. The Morgan fingerprint density at radius 3 is 2.64 bits per heavy atom. The molecule has 28 heavy (non-hydrogen) atoms. The van der Waals surface area contributed by atoms with E-state index < -0.39 is 10.0 Å². The summed E-state index contributed by atoms with van der Waals surface area (Å²) >= 11 is 0. The van der Waals surface area contributed by atoms with Crippen LogP contribution in [0, 0.1) is 6.92 Å². The molecule has 2 aliphatic rings. The topological polar surface area (TPSA) is 73.8 Å². The average Bonchev–Trinajstić information content (AvgIpc) is 2.68. The molecule has 1 atom stereocenters. The van der Waals surface area contributed by atoms with E-state index in [2.05, 4.69) is 9.88 Å². The van der Waals surface area contributed by atoms with E-state index in [1.807, 2.05) is 19.1 Å². The summed E-state index contributed by atoms with van der Waals surface area (Å²) in [5, 5.41) is 0. The Bertz CT molecular complexity index is 777. The predicted molar refractivity (Wildman–Crippen MR) is 110 cm³/mol. The van der Waals surface area contributed by atoms with E-state index in [-0.39, 0.29) is 11.9 Å². The third-order valence-corrected chi connectivity index (χ3v) is 7.15. The number of pyridine rings is 1. The lowest BCUT2D eigenvalue weighted by Gasteiger charge is -2.39. The van der Waals surface area contributed by atoms with Crippen LogP contribution in [0.25, 0.3) is 0 Å². The van der Waals surface area contributed by atoms with Crippen molar-refractivity contribution >= 4 is 15.9 Å². The van der Waals surface area contributed by atoms with Gasteiger partial charge in [0.2, 0.25) is 10.0 Å². The van der Waals surface area contributed by atoms with Crippen molar-refractivity contribution in [3.05, 3.63) is 29.6 Å². The zero-order valence-corrected chi connectivity index (χ0v) is 17.8. The normalized spacial score (nSPS) is 21.8. The average molecular weight is 409 g/mol. The largest absolute Gasteiger partial charge is 0.336 e. The van der Waals surface area contributed by atoms with Crippen molar-refractivity contribution in [3.63, 3.8) is 0 Å². The molecule has 0 aromatic carbocycles. The molecule has 0 bridgehead atoms. The van der Waals surface area contributed by atoms with Crippen molar-refractivity contribution in [3.8, 4) is 0 Å². The maximum Gasteiger partial charge on any atom is 0.272 e. The summed E-state index contributed by atoms with van der Waals surface area (Å²) in [4.78, 5) is 21.3. The van der Waals surface area contributed by atoms with Crippen LogP contribution < -0.4 is 0 Å². The standard InChI is InChI=1S/C20H32N4O3S/c1-17-8-6-10-21-19(17)20(25)23-13-7-9-18(16-23)24(28(2,26)27)15-14-22-11-4-3-5-12-22/h6,8,10,18H,3-5,7,9,11-16H2,1-2H3. The maximum absolute atomic E-state index is 12.9. The first-order chi connectivity index (χ1) is 13.4. The molecular formula is C20H32N4O3S. The van der Waals surface area contributed by atoms with Crippen LogP contribution in [0.15, 0.2) is 18.3 Å². The van der Waals surface area contributed by atoms with E-state index in [9.17, 15) is 13.2 Å². The fraction of sp³-hybridized carbons (Fsp3) is 0.700. The first-order valence-electron chi connectivity index (χ1n) is 10.3. The van der Waals surface area contributed by atoms with Gasteiger partial charge in [0.1, 0.15) is 5.69 Å². The summed E-state index contributed by atoms with van der Waals surface area (Å²) in [6.45, 7) is 6.31. The lowest BCUT2D eigenvalue weighted by molar-refractivity contribution is 0.0640. The molecule has 0 spiro atoms. The first kappa shape index (κ1) is 21.2. The number of carbonyl (C=O) groups excluding carboxylic acids is 1. The molecule has 1 aromatic heterocycles. The Labute approximate surface area is 168 Å². The van der Waals surface area contributed by atoms with Crippen molar-refractivity contribution in [2.75, 3.05) is 45.5 Å². The van der Waals surface area contributed by atoms with Gasteiger partial charge in [-0.2, -0.15) is 4.31 Å². The van der Waals surface area contributed by atoms with E-state index in [1.165, 1.54) is 25.5 Å². The monoisotopic (exact) mass is 408 g/mol. The van der Waals surface area contributed by atoms with Gasteiger partial charge in [-0.05, 0) is 57.3 Å². The van der Waals surface area contributed by atoms with Crippen molar-refractivity contribution in [2.24, 2.45) is 0 Å². The molecular weight excluding hydrogens is 376 g/mol. The molecule has 156 valence electrons. The van der Waals surface area contributed by atoms with Gasteiger partial charge in [-0.15, -0.1) is 0 Å². The molecule has 1 aromatic rings. The van der Waals surface area contributed by atoms with Gasteiger partial charge < -0.3 is 9.80 Å². The molecule has 0 saturated carbocycles. The number of aryl methyl sites for hydroxylation is 1. The van der Waals surface area contributed by atoms with Gasteiger partial charge >= 0.3 is 0 Å². The van der Waals surface area contributed by atoms with Gasteiger partial charge in [-0.25, -0.2) is 8.42 Å². The highest BCUT2D eigenvalue weighted by molar-refractivity contribution is 7.88. The van der Waals surface area contributed by atoms with Crippen LogP contribution >= 0.6 is 0 Å². The molecule has 0 radical (unpaired) electrons. The van der Waals surface area contributed by atoms with E-state index in [0.717, 1.165) is 38.0 Å². The van der Waals surface area contributed by atoms with Crippen molar-refractivity contribution in [2.45, 2.75) is 45.1 Å². The van der Waals surface area contributed by atoms with E-state index in [0.29, 0.717) is 25.3 Å². The predicted octanol–water partition coefficient (Wildman–Crippen LogP) is 1.74. The summed E-state index contributed by atoms with van der Waals surface area (Å²) in [6, 6.07) is 3.53. The third kappa shape index (κ3) is 5.30. The number of sulfonamides is 1. The molecule has 7 nitrogen and oxygen atoms in total. The fourth-order valence-corrected chi connectivity index (χ4v) is 5.40. The van der Waals surface area contributed by atoms with Gasteiger partial charge in [-0.3, -0.25) is 9.78 Å². The van der Waals surface area contributed by atoms with Crippen LogP contribution in [-0.2, 0) is 10.0 Å². The molecule has 2 fully saturated rings. The van der Waals surface area contributed by atoms with Crippen LogP contribution in [0.5, 0.6) is 0 Å². The summed E-state index contributed by atoms with van der Waals surface area (Å²) < 4.78 is 26.6. The fourth-order valence-electron chi connectivity index (χ4n) is 4.28. The second-order valence-electron chi connectivity index (χ2n) is 7.99. The zero-order valence-electron chi connectivity index (χ0n) is 17.0. The second kappa shape index (κ2) is 9.33. The Morgan fingerprint density at radius 2 is 1.96 bits per heavy atom. The van der Waals surface area contributed by atoms with Crippen LogP contribution in [0.3, 0.4) is 0 Å². The minimum Gasteiger partial charge on any atom is -0.336 e. The maximum atomic E-state index is 12.9. The van der Waals surface area contributed by atoms with E-state index >= 15 is 0 Å². The number of piperidine rings is 2. The molecule has 1 amide bonds. The molecule has 3 rings (SSSR count). The van der Waals surface area contributed by atoms with E-state index in [4.69, 9.17) is 0 Å². The lowest BCUT2D eigenvalue weighted by Crippen LogP contribution is -2.53. The Kier molecular flexibility index (Phi) is 7.06. The van der Waals surface area contributed by atoms with Gasteiger partial charge in [0.15, 0.2) is 0 Å². The Hall–Kier alpha value is -1.51. The summed E-state index contributed by atoms with van der Waals surface area (Å²) in [6.07, 6.45) is 8.15. The number of aromatic nitrogens is 1. The number of nitrogens with zero attached hydrogens (tertiary/aromatic N) is 4. The van der Waals surface area contributed by atoms with Gasteiger partial charge in [0.05, 0.1) is 6.26 Å². The molecule has 2 aliphatic heterocycles. The number of amides is 1. The highest BCUT2D eigenvalue weighted by Gasteiger charge is 2.33. The number of rotatable bonds is 6. The Morgan fingerprint density at radius 1 is 1.21 bits per heavy atom. The molecule has 1 unspecified atom stereocenters. The van der Waals surface area contributed by atoms with Crippen LogP contribution in [0.1, 0.15) is 48.2 Å². The minimum absolute atomic E-state index is 0.104. The highest BCUT2D eigenvalue weighted by atomic mass is 32.2. The molecule has 2 saturated heterocycles. The Balaban J connectivity index is 1.68. The number of hydrogen-bond acceptors (Lipinski definition) is 5. The SMILES string of the molecule is Cc1cccnc1C(=O)N1CCCC(N(CCN2CCCCC2)S(C)(=O)=O)C1. The molecule has 0 N–H and O–H groups in total. The van der Waals surface area contributed by atoms with Gasteiger partial charge in [0.25, 0.3) is 5.91 Å². The van der Waals surface area contributed by atoms with Crippen LogP contribution in [0.4, 0.5) is 0 Å². The molecule has 8 heteroatoms. The quantitative estimate of drug-likeness (QED) is 0.717. The number of hydrogen-bond donors (Lipinski definition) is 0. The molecule has 0 aliphatic carbocycles. The summed E-state index contributed by atoms with van der Waals surface area (Å²) in [5.74, 6) is -0.104. The third-order valence-electron chi connectivity index (χ3n) is 5.81. The van der Waals surface area contributed by atoms with Gasteiger partial charge in [-0.1, -0.05) is 12.5 Å². The number of carbonyl (C=O) groups is 1. The number of likely N-dealkylation sites (tertiary alicyclic amines) is 2. The smallest absolute Gasteiger partial charge is 0.272 e. The van der Waals surface area contributed by atoms with Crippen molar-refractivity contribution in [1.29, 1.82) is 0 Å². The van der Waals surface area contributed by atoms with Crippen LogP contribution in [-0.4, -0.2) is 85.0 Å². The van der Waals surface area contributed by atoms with Crippen LogP contribution in [0.2, 0.25) is 0 Å².